The minimum absolute atomic E-state index is 0.350. The second kappa shape index (κ2) is 7.40. The number of thioether (sulfide) groups is 1. The van der Waals surface area contributed by atoms with Crippen molar-refractivity contribution < 1.29 is 9.59 Å². The monoisotopic (exact) mass is 381 g/mol. The van der Waals surface area contributed by atoms with Crippen molar-refractivity contribution in [2.45, 2.75) is 18.8 Å². The molecule has 0 atom stereocenters. The molecule has 0 unspecified atom stereocenters. The van der Waals surface area contributed by atoms with Gasteiger partial charge >= 0.3 is 0 Å². The lowest BCUT2D eigenvalue weighted by atomic mass is 9.88. The minimum atomic E-state index is -0.383. The molecular formula is C19H19N5O2S. The predicted molar refractivity (Wildman–Crippen MR) is 106 cm³/mol. The number of amides is 2. The van der Waals surface area contributed by atoms with Crippen molar-refractivity contribution in [2.75, 3.05) is 23.7 Å². The summed E-state index contributed by atoms with van der Waals surface area (Å²) in [4.78, 5) is 34.4. The van der Waals surface area contributed by atoms with Gasteiger partial charge in [-0.05, 0) is 54.3 Å². The Morgan fingerprint density at radius 3 is 2.67 bits per heavy atom. The van der Waals surface area contributed by atoms with Gasteiger partial charge in [0.1, 0.15) is 0 Å². The van der Waals surface area contributed by atoms with E-state index in [1.54, 1.807) is 18.3 Å². The van der Waals surface area contributed by atoms with Crippen LogP contribution in [-0.4, -0.2) is 34.2 Å². The zero-order chi connectivity index (χ0) is 18.8. The molecule has 0 spiro atoms. The number of nitrogen functional groups attached to an aromatic ring is 1. The summed E-state index contributed by atoms with van der Waals surface area (Å²) in [6.45, 7) is 1.68. The summed E-state index contributed by atoms with van der Waals surface area (Å²) < 4.78 is 0. The van der Waals surface area contributed by atoms with E-state index < -0.39 is 0 Å². The van der Waals surface area contributed by atoms with Crippen LogP contribution in [0.15, 0.2) is 41.4 Å². The van der Waals surface area contributed by atoms with Gasteiger partial charge in [-0.2, -0.15) is 0 Å². The number of nitrogens with zero attached hydrogens (tertiary/aromatic N) is 3. The van der Waals surface area contributed by atoms with Crippen molar-refractivity contribution in [3.8, 4) is 0 Å². The van der Waals surface area contributed by atoms with E-state index in [1.807, 2.05) is 18.2 Å². The maximum atomic E-state index is 11.7. The summed E-state index contributed by atoms with van der Waals surface area (Å²) in [7, 11) is 0. The van der Waals surface area contributed by atoms with Gasteiger partial charge in [0.15, 0.2) is 0 Å². The van der Waals surface area contributed by atoms with Crippen LogP contribution in [0.3, 0.4) is 0 Å². The third kappa shape index (κ3) is 3.80. The average molecular weight is 381 g/mol. The zero-order valence-corrected chi connectivity index (χ0v) is 15.4. The molecule has 4 rings (SSSR count). The van der Waals surface area contributed by atoms with Crippen molar-refractivity contribution in [3.05, 3.63) is 52.7 Å². The number of nitrogens with one attached hydrogen (secondary N) is 1. The summed E-state index contributed by atoms with van der Waals surface area (Å²) in [5, 5.41) is 1.88. The van der Waals surface area contributed by atoms with Crippen molar-refractivity contribution >= 4 is 40.6 Å². The number of para-hydroxylation sites is 1. The molecule has 2 fully saturated rings. The standard InChI is InChI=1S/C19H19N5O2S/c20-15-4-2-1-3-14(15)12-6-9-24(10-7-12)18-21-8-5-13(22-18)11-16-17(25)23-19(26)27-16/h1-5,8,11-12H,6-7,9-10,20H2,(H,23,25,26). The Morgan fingerprint density at radius 1 is 1.19 bits per heavy atom. The van der Waals surface area contributed by atoms with Crippen molar-refractivity contribution in [1.29, 1.82) is 0 Å². The largest absolute Gasteiger partial charge is 0.398 e. The highest BCUT2D eigenvalue weighted by atomic mass is 32.2. The lowest BCUT2D eigenvalue weighted by Gasteiger charge is -2.32. The number of benzene rings is 1. The smallest absolute Gasteiger partial charge is 0.290 e. The fourth-order valence-corrected chi connectivity index (χ4v) is 4.09. The number of hydrogen-bond acceptors (Lipinski definition) is 7. The summed E-state index contributed by atoms with van der Waals surface area (Å²) in [5.41, 5.74) is 8.79. The van der Waals surface area contributed by atoms with Crippen LogP contribution in [0.25, 0.3) is 6.08 Å². The van der Waals surface area contributed by atoms with Gasteiger partial charge in [0.2, 0.25) is 5.95 Å². The van der Waals surface area contributed by atoms with E-state index in [0.717, 1.165) is 43.4 Å². The molecule has 0 bridgehead atoms. The molecular weight excluding hydrogens is 362 g/mol. The fraction of sp³-hybridized carbons (Fsp3) is 0.263. The first-order valence-electron chi connectivity index (χ1n) is 8.77. The molecule has 138 valence electrons. The third-order valence-electron chi connectivity index (χ3n) is 4.80. The number of carbonyl (C=O) groups excluding carboxylic acids is 2. The van der Waals surface area contributed by atoms with Crippen LogP contribution in [0.4, 0.5) is 16.4 Å². The number of aromatic nitrogens is 2. The van der Waals surface area contributed by atoms with Crippen LogP contribution in [0.1, 0.15) is 30.0 Å². The molecule has 2 aliphatic heterocycles. The number of anilines is 2. The maximum absolute atomic E-state index is 11.7. The van der Waals surface area contributed by atoms with Crippen LogP contribution in [0.5, 0.6) is 0 Å². The second-order valence-corrected chi connectivity index (χ2v) is 7.54. The summed E-state index contributed by atoms with van der Waals surface area (Å²) in [5.74, 6) is 0.697. The van der Waals surface area contributed by atoms with E-state index >= 15 is 0 Å². The Hall–Kier alpha value is -2.87. The first-order chi connectivity index (χ1) is 13.1. The predicted octanol–water partition coefficient (Wildman–Crippen LogP) is 2.77. The molecule has 8 heteroatoms. The summed E-state index contributed by atoms with van der Waals surface area (Å²) in [6.07, 6.45) is 5.26. The highest BCUT2D eigenvalue weighted by molar-refractivity contribution is 8.18. The Morgan fingerprint density at radius 2 is 1.96 bits per heavy atom. The van der Waals surface area contributed by atoms with E-state index in [1.165, 1.54) is 5.56 Å². The molecule has 1 aromatic carbocycles. The molecule has 2 aromatic rings. The van der Waals surface area contributed by atoms with Gasteiger partial charge in [0.25, 0.3) is 11.1 Å². The molecule has 3 heterocycles. The van der Waals surface area contributed by atoms with Gasteiger partial charge in [-0.15, -0.1) is 0 Å². The molecule has 0 saturated carbocycles. The van der Waals surface area contributed by atoms with Gasteiger partial charge in [-0.1, -0.05) is 18.2 Å². The van der Waals surface area contributed by atoms with Crippen LogP contribution < -0.4 is 16.0 Å². The van der Waals surface area contributed by atoms with E-state index in [0.29, 0.717) is 22.5 Å². The normalized spacial score (nSPS) is 19.6. The molecule has 2 saturated heterocycles. The molecule has 27 heavy (non-hydrogen) atoms. The minimum Gasteiger partial charge on any atom is -0.398 e. The van der Waals surface area contributed by atoms with E-state index in [2.05, 4.69) is 26.3 Å². The van der Waals surface area contributed by atoms with Gasteiger partial charge in [0.05, 0.1) is 10.6 Å². The number of hydrogen-bond donors (Lipinski definition) is 2. The van der Waals surface area contributed by atoms with Gasteiger partial charge in [-0.3, -0.25) is 14.9 Å². The second-order valence-electron chi connectivity index (χ2n) is 6.52. The Bertz CT molecular complexity index is 922. The van der Waals surface area contributed by atoms with Gasteiger partial charge in [0, 0.05) is 25.0 Å². The Kier molecular flexibility index (Phi) is 4.81. The van der Waals surface area contributed by atoms with E-state index in [-0.39, 0.29) is 11.1 Å². The fourth-order valence-electron chi connectivity index (χ4n) is 3.42. The van der Waals surface area contributed by atoms with Crippen LogP contribution in [0, 0.1) is 0 Å². The first-order valence-corrected chi connectivity index (χ1v) is 9.59. The van der Waals surface area contributed by atoms with Crippen LogP contribution in [-0.2, 0) is 4.79 Å². The van der Waals surface area contributed by atoms with Gasteiger partial charge < -0.3 is 10.6 Å². The highest BCUT2D eigenvalue weighted by Gasteiger charge is 2.26. The van der Waals surface area contributed by atoms with Crippen molar-refractivity contribution in [1.82, 2.24) is 15.3 Å². The molecule has 0 aliphatic carbocycles. The number of imide groups is 1. The van der Waals surface area contributed by atoms with Crippen molar-refractivity contribution in [2.24, 2.45) is 0 Å². The molecule has 2 aliphatic rings. The highest BCUT2D eigenvalue weighted by Crippen LogP contribution is 2.32. The number of nitrogens with two attached hydrogens (primary N) is 1. The quantitative estimate of drug-likeness (QED) is 0.623. The van der Waals surface area contributed by atoms with Crippen LogP contribution in [0.2, 0.25) is 0 Å². The SMILES string of the molecule is Nc1ccccc1C1CCN(c2nccc(C=C3SC(=O)NC3=O)n2)CC1. The third-order valence-corrected chi connectivity index (χ3v) is 5.61. The van der Waals surface area contributed by atoms with E-state index in [4.69, 9.17) is 5.73 Å². The molecule has 0 radical (unpaired) electrons. The van der Waals surface area contributed by atoms with E-state index in [9.17, 15) is 9.59 Å². The summed E-state index contributed by atoms with van der Waals surface area (Å²) in [6, 6.07) is 9.76. The zero-order valence-electron chi connectivity index (χ0n) is 14.6. The lowest BCUT2D eigenvalue weighted by molar-refractivity contribution is -0.115. The molecule has 2 amide bonds. The first kappa shape index (κ1) is 17.5. The van der Waals surface area contributed by atoms with Crippen LogP contribution >= 0.6 is 11.8 Å². The number of carbonyl (C=O) groups is 2. The molecule has 1 aromatic heterocycles. The topological polar surface area (TPSA) is 101 Å². The number of rotatable bonds is 3. The Balaban J connectivity index is 1.46. The summed E-state index contributed by atoms with van der Waals surface area (Å²) >= 11 is 0.885. The van der Waals surface area contributed by atoms with Gasteiger partial charge in [-0.25, -0.2) is 9.97 Å². The molecule has 3 N–H and O–H groups in total. The Labute approximate surface area is 161 Å². The molecule has 7 nitrogen and oxygen atoms in total. The van der Waals surface area contributed by atoms with Crippen molar-refractivity contribution in [3.63, 3.8) is 0 Å². The average Bonchev–Trinajstić information content (AvgIpc) is 2.99. The maximum Gasteiger partial charge on any atom is 0.290 e. The number of piperidine rings is 1. The lowest BCUT2D eigenvalue weighted by Crippen LogP contribution is -2.34.